The minimum absolute atomic E-state index is 0. The van der Waals surface area contributed by atoms with E-state index in [0.29, 0.717) is 0 Å². The van der Waals surface area contributed by atoms with Gasteiger partial charge in [0.15, 0.2) is 0 Å². The summed E-state index contributed by atoms with van der Waals surface area (Å²) in [6.07, 6.45) is 1.82. The Morgan fingerprint density at radius 3 is 2.05 bits per heavy atom. The molecule has 2 aromatic heterocycles. The first kappa shape index (κ1) is 27.2. The van der Waals surface area contributed by atoms with Crippen molar-refractivity contribution in [3.05, 3.63) is 90.1 Å². The molecule has 3 aromatic carbocycles. The summed E-state index contributed by atoms with van der Waals surface area (Å²) in [4.78, 5) is 9.67. The average Bonchev–Trinajstić information content (AvgIpc) is 3.27. The zero-order chi connectivity index (χ0) is 25.7. The quantitative estimate of drug-likeness (QED) is 0.193. The van der Waals surface area contributed by atoms with Crippen LogP contribution in [0.3, 0.4) is 0 Å². The van der Waals surface area contributed by atoms with Gasteiger partial charge in [-0.1, -0.05) is 83.0 Å². The fourth-order valence-electron chi connectivity index (χ4n) is 4.25. The van der Waals surface area contributed by atoms with Gasteiger partial charge in [0.05, 0.1) is 11.1 Å². The molecule has 0 fully saturated rings. The van der Waals surface area contributed by atoms with Gasteiger partial charge in [-0.25, -0.2) is 4.98 Å². The van der Waals surface area contributed by atoms with E-state index in [-0.39, 0.29) is 37.6 Å². The molecule has 0 spiro atoms. The summed E-state index contributed by atoms with van der Waals surface area (Å²) in [7, 11) is 0. The fourth-order valence-corrected chi connectivity index (χ4v) is 5.31. The first-order chi connectivity index (χ1) is 17.0. The number of hydrogen-bond acceptors (Lipinski definition) is 4. The van der Waals surface area contributed by atoms with E-state index < -0.39 is 0 Å². The van der Waals surface area contributed by atoms with Crippen molar-refractivity contribution < 1.29 is 26.2 Å². The molecule has 0 aliphatic carbocycles. The molecule has 2 heterocycles. The van der Waals surface area contributed by atoms with Gasteiger partial charge in [0.25, 0.3) is 0 Å². The molecular weight excluding hydrogens is 656 g/mol. The molecule has 1 N–H and O–H groups in total. The Labute approximate surface area is 237 Å². The van der Waals surface area contributed by atoms with Crippen LogP contribution in [-0.2, 0) is 31.9 Å². The van der Waals surface area contributed by atoms with E-state index in [4.69, 9.17) is 4.98 Å². The molecule has 5 aromatic rings. The van der Waals surface area contributed by atoms with Crippen molar-refractivity contribution in [1.82, 2.24) is 9.97 Å². The molecule has 5 heteroatoms. The number of fused-ring (bicyclic) bond motifs is 1. The maximum atomic E-state index is 10.5. The molecule has 0 bridgehead atoms. The number of aromatic nitrogens is 2. The van der Waals surface area contributed by atoms with E-state index >= 15 is 0 Å². The van der Waals surface area contributed by atoms with Crippen molar-refractivity contribution in [3.8, 4) is 38.7 Å². The van der Waals surface area contributed by atoms with E-state index in [1.54, 1.807) is 17.4 Å². The molecule has 37 heavy (non-hydrogen) atoms. The zero-order valence-corrected chi connectivity index (χ0v) is 25.1. The third-order valence-electron chi connectivity index (χ3n) is 6.46. The number of rotatable bonds is 3. The maximum Gasteiger partial charge on any atom is 0.127 e. The molecule has 0 amide bonds. The summed E-state index contributed by atoms with van der Waals surface area (Å²) in [6.45, 7) is 13.4. The van der Waals surface area contributed by atoms with Crippen LogP contribution in [0.15, 0.2) is 72.9 Å². The van der Waals surface area contributed by atoms with Gasteiger partial charge in [0.2, 0.25) is 0 Å². The molecule has 5 rings (SSSR count). The van der Waals surface area contributed by atoms with Gasteiger partial charge < -0.3 is 5.11 Å². The Kier molecular flexibility index (Phi) is 7.47. The number of thiazole rings is 1. The van der Waals surface area contributed by atoms with Gasteiger partial charge in [-0.15, -0.1) is 40.7 Å². The van der Waals surface area contributed by atoms with E-state index in [2.05, 4.69) is 76.9 Å². The first-order valence-corrected chi connectivity index (χ1v) is 13.1. The topological polar surface area (TPSA) is 46.0 Å². The van der Waals surface area contributed by atoms with Crippen molar-refractivity contribution in [1.29, 1.82) is 0 Å². The van der Waals surface area contributed by atoms with Crippen LogP contribution in [0, 0.1) is 6.07 Å². The molecule has 0 saturated carbocycles. The Morgan fingerprint density at radius 1 is 0.757 bits per heavy atom. The van der Waals surface area contributed by atoms with Gasteiger partial charge in [-0.3, -0.25) is 4.98 Å². The van der Waals surface area contributed by atoms with Crippen LogP contribution in [0.1, 0.15) is 52.7 Å². The third-order valence-corrected chi connectivity index (χ3v) is 7.50. The molecule has 0 unspecified atom stereocenters. The number of phenolic OH excluding ortho intramolecular Hbond substituents is 1. The van der Waals surface area contributed by atoms with Crippen molar-refractivity contribution in [2.45, 2.75) is 52.4 Å². The minimum atomic E-state index is -0.0444. The zero-order valence-electron chi connectivity index (χ0n) is 22.0. The van der Waals surface area contributed by atoms with Gasteiger partial charge in [-0.05, 0) is 40.7 Å². The van der Waals surface area contributed by atoms with Gasteiger partial charge in [0.1, 0.15) is 10.8 Å². The second-order valence-corrected chi connectivity index (χ2v) is 12.3. The van der Waals surface area contributed by atoms with Gasteiger partial charge >= 0.3 is 0 Å². The van der Waals surface area contributed by atoms with E-state index in [0.717, 1.165) is 43.2 Å². The molecule has 0 aliphatic heterocycles. The van der Waals surface area contributed by atoms with Crippen LogP contribution in [-0.4, -0.2) is 15.1 Å². The normalized spacial score (nSPS) is 11.9. The van der Waals surface area contributed by atoms with Gasteiger partial charge in [-0.2, -0.15) is 0 Å². The Hall–Kier alpha value is -2.81. The summed E-state index contributed by atoms with van der Waals surface area (Å²) in [6, 6.07) is 26.0. The van der Waals surface area contributed by atoms with Crippen molar-refractivity contribution >= 4 is 21.6 Å². The summed E-state index contributed by atoms with van der Waals surface area (Å²) in [5.41, 5.74) is 8.01. The Morgan fingerprint density at radius 2 is 1.41 bits per heavy atom. The fraction of sp³-hybridized carbons (Fsp3) is 0.250. The van der Waals surface area contributed by atoms with Crippen molar-refractivity contribution in [2.75, 3.05) is 0 Å². The second kappa shape index (κ2) is 10.2. The smallest absolute Gasteiger partial charge is 0.127 e. The van der Waals surface area contributed by atoms with Crippen LogP contribution in [0.4, 0.5) is 0 Å². The molecule has 3 nitrogen and oxygen atoms in total. The second-order valence-electron chi connectivity index (χ2n) is 11.3. The first-order valence-electron chi connectivity index (χ1n) is 12.2. The van der Waals surface area contributed by atoms with Crippen LogP contribution in [0.5, 0.6) is 5.75 Å². The number of hydrogen-bond donors (Lipinski definition) is 1. The number of pyridine rings is 1. The Bertz CT molecular complexity index is 1560. The summed E-state index contributed by atoms with van der Waals surface area (Å²) < 4.78 is 1.10. The van der Waals surface area contributed by atoms with Gasteiger partial charge in [0, 0.05) is 37.7 Å². The van der Waals surface area contributed by atoms with E-state index in [1.807, 2.05) is 42.6 Å². The summed E-state index contributed by atoms with van der Waals surface area (Å²) in [5, 5.41) is 11.3. The molecule has 0 saturated heterocycles. The Balaban J connectivity index is 0.00000320. The number of para-hydroxylation sites is 1. The standard InChI is InChI=1S/C32H31N2OS.Pt/c1-31(2,3)22-16-20(15-21(17-22)26-12-9-10-14-33-26)25-18-23(32(4,5)6)19-28-29(25)34-30(36-28)24-11-7-8-13-27(24)35;/h7-14,16-19,35H,1-6H3;/q-1;. The minimum Gasteiger partial charge on any atom is -0.507 e. The number of aromatic hydroxyl groups is 1. The predicted octanol–water partition coefficient (Wildman–Crippen LogP) is 8.79. The monoisotopic (exact) mass is 686 g/mol. The third kappa shape index (κ3) is 5.56. The predicted molar refractivity (Wildman–Crippen MR) is 152 cm³/mol. The molecule has 192 valence electrons. The maximum absolute atomic E-state index is 10.5. The molecule has 0 atom stereocenters. The van der Waals surface area contributed by atoms with Crippen LogP contribution >= 0.6 is 11.3 Å². The largest absolute Gasteiger partial charge is 0.507 e. The van der Waals surface area contributed by atoms with Crippen LogP contribution in [0.25, 0.3) is 43.2 Å². The van der Waals surface area contributed by atoms with Crippen molar-refractivity contribution in [3.63, 3.8) is 0 Å². The number of nitrogens with zero attached hydrogens (tertiary/aromatic N) is 2. The summed E-state index contributed by atoms with van der Waals surface area (Å²) >= 11 is 1.62. The number of phenols is 1. The van der Waals surface area contributed by atoms with Crippen LogP contribution < -0.4 is 0 Å². The summed E-state index contributed by atoms with van der Waals surface area (Å²) in [5.74, 6) is 0.243. The van der Waals surface area contributed by atoms with E-state index in [1.165, 1.54) is 11.1 Å². The molecular formula is C32H31N2OPtS-. The average molecular weight is 687 g/mol. The van der Waals surface area contributed by atoms with Crippen molar-refractivity contribution in [2.24, 2.45) is 0 Å². The van der Waals surface area contributed by atoms with E-state index in [9.17, 15) is 5.11 Å². The molecule has 0 radical (unpaired) electrons. The SMILES string of the molecule is CC(C)(C)c1cc(-c2ccccn2)[c-]c(-c2cc(C(C)(C)C)cc3sc(-c4ccccc4O)nc23)c1.[Pt]. The number of benzene rings is 3. The molecule has 0 aliphatic rings. The van der Waals surface area contributed by atoms with Crippen LogP contribution in [0.2, 0.25) is 0 Å².